The quantitative estimate of drug-likeness (QED) is 0.694. The van der Waals surface area contributed by atoms with Crippen LogP contribution in [0.1, 0.15) is 47.4 Å². The second kappa shape index (κ2) is 7.84. The first kappa shape index (κ1) is 21.7. The van der Waals surface area contributed by atoms with Crippen LogP contribution in [0.4, 0.5) is 24.7 Å². The number of thioether (sulfide) groups is 1. The number of aromatic nitrogens is 1. The van der Waals surface area contributed by atoms with Crippen LogP contribution in [0, 0.1) is 22.7 Å². The Kier molecular flexibility index (Phi) is 5.31. The molecule has 1 saturated heterocycles. The first-order chi connectivity index (χ1) is 15.2. The average molecular weight is 457 g/mol. The van der Waals surface area contributed by atoms with E-state index in [-0.39, 0.29) is 40.0 Å². The second-order valence-corrected chi connectivity index (χ2v) is 8.58. The van der Waals surface area contributed by atoms with Crippen molar-refractivity contribution >= 4 is 35.1 Å². The van der Waals surface area contributed by atoms with E-state index in [9.17, 15) is 33.3 Å². The predicted molar refractivity (Wildman–Crippen MR) is 108 cm³/mol. The lowest BCUT2D eigenvalue weighted by Gasteiger charge is -2.17. The average Bonchev–Trinajstić information content (AvgIpc) is 3.53. The van der Waals surface area contributed by atoms with Gasteiger partial charge in [0.15, 0.2) is 0 Å². The molecule has 0 spiro atoms. The number of nitrogens with two attached hydrogens (primary N) is 1. The van der Waals surface area contributed by atoms with E-state index in [0.29, 0.717) is 10.5 Å². The van der Waals surface area contributed by atoms with Gasteiger partial charge in [-0.25, -0.2) is 9.88 Å². The Hall–Kier alpha value is -3.57. The number of halogens is 3. The zero-order valence-corrected chi connectivity index (χ0v) is 17.1. The topological polar surface area (TPSA) is 124 Å². The van der Waals surface area contributed by atoms with Crippen molar-refractivity contribution in [3.8, 4) is 12.1 Å². The van der Waals surface area contributed by atoms with Crippen molar-refractivity contribution in [3.05, 3.63) is 46.5 Å². The maximum Gasteiger partial charge on any atom is 0.416 e. The molecule has 1 saturated carbocycles. The summed E-state index contributed by atoms with van der Waals surface area (Å²) in [6, 6.07) is 7.97. The minimum atomic E-state index is -4.62. The molecule has 1 atom stereocenters. The van der Waals surface area contributed by atoms with Crippen LogP contribution in [-0.2, 0) is 15.8 Å². The van der Waals surface area contributed by atoms with Crippen molar-refractivity contribution in [2.24, 2.45) is 0 Å². The number of alkyl halides is 3. The predicted octanol–water partition coefficient (Wildman–Crippen LogP) is 3.73. The van der Waals surface area contributed by atoms with Gasteiger partial charge >= 0.3 is 6.18 Å². The van der Waals surface area contributed by atoms with E-state index in [1.165, 1.54) is 6.07 Å². The number of imide groups is 1. The summed E-state index contributed by atoms with van der Waals surface area (Å²) in [6.07, 6.45) is -3.31. The minimum absolute atomic E-state index is 0.00599. The van der Waals surface area contributed by atoms with Crippen molar-refractivity contribution in [1.29, 1.82) is 10.5 Å². The fourth-order valence-corrected chi connectivity index (χ4v) is 4.74. The molecule has 4 rings (SSSR count). The highest BCUT2D eigenvalue weighted by molar-refractivity contribution is 8.00. The van der Waals surface area contributed by atoms with E-state index in [4.69, 9.17) is 5.73 Å². The lowest BCUT2D eigenvalue weighted by atomic mass is 10.0. The molecule has 0 bridgehead atoms. The molecule has 162 valence electrons. The van der Waals surface area contributed by atoms with Crippen LogP contribution in [0.25, 0.3) is 0 Å². The van der Waals surface area contributed by atoms with E-state index in [2.05, 4.69) is 4.98 Å². The van der Waals surface area contributed by atoms with Crippen LogP contribution in [0.2, 0.25) is 0 Å². The first-order valence-corrected chi connectivity index (χ1v) is 10.4. The van der Waals surface area contributed by atoms with Gasteiger partial charge < -0.3 is 5.73 Å². The number of carbonyl (C=O) groups is 2. The summed E-state index contributed by atoms with van der Waals surface area (Å²) in [6.45, 7) is 0. The van der Waals surface area contributed by atoms with Crippen LogP contribution >= 0.6 is 11.8 Å². The van der Waals surface area contributed by atoms with E-state index >= 15 is 0 Å². The number of anilines is 2. The van der Waals surface area contributed by atoms with Gasteiger partial charge in [0.1, 0.15) is 23.0 Å². The van der Waals surface area contributed by atoms with Crippen molar-refractivity contribution in [2.45, 2.75) is 41.6 Å². The molecule has 2 aliphatic rings. The smallest absolute Gasteiger partial charge is 0.383 e. The van der Waals surface area contributed by atoms with E-state index in [0.717, 1.165) is 42.8 Å². The third-order valence-electron chi connectivity index (χ3n) is 5.23. The summed E-state index contributed by atoms with van der Waals surface area (Å²) in [4.78, 5) is 30.3. The number of hydrogen-bond donors (Lipinski definition) is 1. The molecular formula is C21H14F3N5O2S. The Morgan fingerprint density at radius 3 is 2.44 bits per heavy atom. The molecule has 1 aliphatic heterocycles. The monoisotopic (exact) mass is 457 g/mol. The highest BCUT2D eigenvalue weighted by Gasteiger charge is 2.42. The lowest BCUT2D eigenvalue weighted by Crippen LogP contribution is -2.31. The van der Waals surface area contributed by atoms with Gasteiger partial charge in [0, 0.05) is 6.42 Å². The summed E-state index contributed by atoms with van der Waals surface area (Å²) in [5, 5.41) is 18.2. The third kappa shape index (κ3) is 3.76. The van der Waals surface area contributed by atoms with Crippen LogP contribution in [-0.4, -0.2) is 22.0 Å². The molecule has 1 aromatic heterocycles. The molecule has 2 N–H and O–H groups in total. The molecule has 1 unspecified atom stereocenters. The normalized spacial score (nSPS) is 18.5. The van der Waals surface area contributed by atoms with E-state index < -0.39 is 28.8 Å². The van der Waals surface area contributed by atoms with Crippen molar-refractivity contribution in [1.82, 2.24) is 4.98 Å². The van der Waals surface area contributed by atoms with Gasteiger partial charge in [-0.1, -0.05) is 17.8 Å². The molecule has 1 aliphatic carbocycles. The Morgan fingerprint density at radius 2 is 1.84 bits per heavy atom. The standard InChI is InChI=1S/C21H14F3N5O2S/c22-21(23,24)11-2-1-3-12(6-11)29-16(30)7-15(20(29)31)32-19-14(9-26)17(10-4-5-10)13(8-25)18(27)28-19/h1-3,6,10,15H,4-5,7H2,(H2,27,28). The summed E-state index contributed by atoms with van der Waals surface area (Å²) in [5.41, 5.74) is 5.52. The Morgan fingerprint density at radius 1 is 1.16 bits per heavy atom. The fourth-order valence-electron chi connectivity index (χ4n) is 3.61. The molecule has 2 amide bonds. The largest absolute Gasteiger partial charge is 0.416 e. The molecule has 2 heterocycles. The van der Waals surface area contributed by atoms with Crippen LogP contribution < -0.4 is 10.6 Å². The van der Waals surface area contributed by atoms with Crippen LogP contribution in [0.5, 0.6) is 0 Å². The number of nitriles is 2. The fraction of sp³-hybridized carbons (Fsp3) is 0.286. The number of rotatable bonds is 4. The lowest BCUT2D eigenvalue weighted by molar-refractivity contribution is -0.137. The number of nitrogens with zero attached hydrogens (tertiary/aromatic N) is 4. The van der Waals surface area contributed by atoms with Gasteiger partial charge in [-0.2, -0.15) is 23.7 Å². The molecule has 2 fully saturated rings. The van der Waals surface area contributed by atoms with Gasteiger partial charge in [-0.3, -0.25) is 9.59 Å². The van der Waals surface area contributed by atoms with Gasteiger partial charge in [0.25, 0.3) is 0 Å². The zero-order valence-electron chi connectivity index (χ0n) is 16.3. The maximum atomic E-state index is 13.0. The van der Waals surface area contributed by atoms with Crippen molar-refractivity contribution in [3.63, 3.8) is 0 Å². The van der Waals surface area contributed by atoms with Gasteiger partial charge in [-0.15, -0.1) is 0 Å². The highest BCUT2D eigenvalue weighted by atomic mass is 32.2. The third-order valence-corrected chi connectivity index (χ3v) is 6.40. The van der Waals surface area contributed by atoms with Gasteiger partial charge in [-0.05, 0) is 42.5 Å². The molecule has 32 heavy (non-hydrogen) atoms. The highest BCUT2D eigenvalue weighted by Crippen LogP contribution is 2.47. The molecule has 0 radical (unpaired) electrons. The van der Waals surface area contributed by atoms with Gasteiger partial charge in [0.05, 0.1) is 27.6 Å². The number of nitrogen functional groups attached to an aromatic ring is 1. The Bertz CT molecular complexity index is 1230. The Balaban J connectivity index is 1.67. The maximum absolute atomic E-state index is 13.0. The number of amides is 2. The van der Waals surface area contributed by atoms with Crippen LogP contribution in [0.3, 0.4) is 0 Å². The minimum Gasteiger partial charge on any atom is -0.383 e. The zero-order chi connectivity index (χ0) is 23.2. The SMILES string of the molecule is N#Cc1c(N)nc(SC2CC(=O)N(c3cccc(C(F)(F)F)c3)C2=O)c(C#N)c1C1CC1. The molecule has 7 nitrogen and oxygen atoms in total. The van der Waals surface area contributed by atoms with E-state index in [1.54, 1.807) is 0 Å². The number of benzene rings is 1. The molecule has 11 heteroatoms. The first-order valence-electron chi connectivity index (χ1n) is 9.50. The summed E-state index contributed by atoms with van der Waals surface area (Å²) in [7, 11) is 0. The second-order valence-electron chi connectivity index (χ2n) is 7.39. The Labute approximate surface area is 184 Å². The van der Waals surface area contributed by atoms with Gasteiger partial charge in [0.2, 0.25) is 11.8 Å². The molecule has 2 aromatic rings. The number of pyridine rings is 1. The summed E-state index contributed by atoms with van der Waals surface area (Å²) >= 11 is 0.858. The summed E-state index contributed by atoms with van der Waals surface area (Å²) < 4.78 is 39.1. The van der Waals surface area contributed by atoms with Crippen molar-refractivity contribution < 1.29 is 22.8 Å². The van der Waals surface area contributed by atoms with E-state index in [1.807, 2.05) is 12.1 Å². The number of hydrogen-bond acceptors (Lipinski definition) is 7. The van der Waals surface area contributed by atoms with Crippen molar-refractivity contribution in [2.75, 3.05) is 10.6 Å². The summed E-state index contributed by atoms with van der Waals surface area (Å²) in [5.74, 6) is -1.43. The molecular weight excluding hydrogens is 443 g/mol. The molecule has 1 aromatic carbocycles. The number of carbonyl (C=O) groups excluding carboxylic acids is 2. The van der Waals surface area contributed by atoms with Crippen LogP contribution in [0.15, 0.2) is 29.3 Å².